The lowest BCUT2D eigenvalue weighted by molar-refractivity contribution is 0.254. The van der Waals surface area contributed by atoms with Gasteiger partial charge in [-0.05, 0) is 30.4 Å². The summed E-state index contributed by atoms with van der Waals surface area (Å²) in [6.07, 6.45) is 11.3. The van der Waals surface area contributed by atoms with Gasteiger partial charge in [0, 0.05) is 32.0 Å². The van der Waals surface area contributed by atoms with Crippen LogP contribution in [0.1, 0.15) is 44.6 Å². The van der Waals surface area contributed by atoms with Crippen LogP contribution in [-0.2, 0) is 13.6 Å². The molecule has 0 bridgehead atoms. The van der Waals surface area contributed by atoms with Gasteiger partial charge in [-0.15, -0.1) is 0 Å². The molecular weight excluding hydrogens is 196 g/mol. The lowest BCUT2D eigenvalue weighted by Crippen LogP contribution is -2.37. The minimum Gasteiger partial charge on any atom is -0.357 e. The Morgan fingerprint density at radius 1 is 1.38 bits per heavy atom. The molecule has 2 rings (SSSR count). The fraction of sp³-hybridized carbons (Fsp3) is 0.714. The monoisotopic (exact) mass is 220 g/mol. The minimum atomic E-state index is 0.749. The van der Waals surface area contributed by atoms with Crippen LogP contribution in [0.4, 0.5) is 0 Å². The Bertz CT molecular complexity index is 316. The fourth-order valence-electron chi connectivity index (χ4n) is 2.88. The van der Waals surface area contributed by atoms with Gasteiger partial charge in [0.2, 0.25) is 0 Å². The van der Waals surface area contributed by atoms with Crippen LogP contribution >= 0.6 is 0 Å². The van der Waals surface area contributed by atoms with E-state index in [9.17, 15) is 0 Å². The van der Waals surface area contributed by atoms with E-state index < -0.39 is 0 Å². The minimum absolute atomic E-state index is 0.749. The van der Waals surface area contributed by atoms with Crippen molar-refractivity contribution in [3.8, 4) is 0 Å². The molecule has 2 unspecified atom stereocenters. The van der Waals surface area contributed by atoms with Crippen molar-refractivity contribution in [1.29, 1.82) is 0 Å². The van der Waals surface area contributed by atoms with Crippen LogP contribution in [0.5, 0.6) is 0 Å². The molecule has 16 heavy (non-hydrogen) atoms. The lowest BCUT2D eigenvalue weighted by atomic mass is 9.83. The van der Waals surface area contributed by atoms with E-state index >= 15 is 0 Å². The number of aromatic nitrogens is 1. The summed E-state index contributed by atoms with van der Waals surface area (Å²) in [4.78, 5) is 0. The van der Waals surface area contributed by atoms with Gasteiger partial charge in [0.15, 0.2) is 0 Å². The van der Waals surface area contributed by atoms with Crippen LogP contribution in [0.25, 0.3) is 0 Å². The Morgan fingerprint density at radius 3 is 2.88 bits per heavy atom. The van der Waals surface area contributed by atoms with E-state index in [1.54, 1.807) is 0 Å². The molecule has 1 saturated carbocycles. The van der Waals surface area contributed by atoms with E-state index in [-0.39, 0.29) is 0 Å². The summed E-state index contributed by atoms with van der Waals surface area (Å²) in [5.74, 6) is 0.900. The van der Waals surface area contributed by atoms with Crippen molar-refractivity contribution in [3.63, 3.8) is 0 Å². The molecule has 2 nitrogen and oxygen atoms in total. The largest absolute Gasteiger partial charge is 0.357 e. The number of hydrogen-bond acceptors (Lipinski definition) is 1. The second kappa shape index (κ2) is 5.53. The SMILES string of the molecule is CCC1CCCCC1NCc1ccn(C)c1. The summed E-state index contributed by atoms with van der Waals surface area (Å²) in [7, 11) is 2.08. The zero-order valence-electron chi connectivity index (χ0n) is 10.6. The lowest BCUT2D eigenvalue weighted by Gasteiger charge is -2.31. The van der Waals surface area contributed by atoms with Crippen LogP contribution in [0.2, 0.25) is 0 Å². The molecule has 1 aromatic rings. The summed E-state index contributed by atoms with van der Waals surface area (Å²) in [6, 6.07) is 2.95. The highest BCUT2D eigenvalue weighted by molar-refractivity contribution is 5.09. The van der Waals surface area contributed by atoms with Crippen LogP contribution < -0.4 is 5.32 Å². The maximum Gasteiger partial charge on any atom is 0.0223 e. The molecule has 0 amide bonds. The van der Waals surface area contributed by atoms with Crippen molar-refractivity contribution in [1.82, 2.24) is 9.88 Å². The van der Waals surface area contributed by atoms with E-state index in [1.807, 2.05) is 0 Å². The highest BCUT2D eigenvalue weighted by Gasteiger charge is 2.22. The molecular formula is C14H24N2. The normalized spacial score (nSPS) is 25.9. The van der Waals surface area contributed by atoms with Crippen molar-refractivity contribution in [3.05, 3.63) is 24.0 Å². The Balaban J connectivity index is 1.84. The molecule has 0 aromatic carbocycles. The predicted octanol–water partition coefficient (Wildman–Crippen LogP) is 3.08. The van der Waals surface area contributed by atoms with E-state index in [1.165, 1.54) is 37.7 Å². The Kier molecular flexibility index (Phi) is 4.05. The molecule has 1 aliphatic rings. The van der Waals surface area contributed by atoms with E-state index in [4.69, 9.17) is 0 Å². The second-order valence-corrected chi connectivity index (χ2v) is 5.13. The quantitative estimate of drug-likeness (QED) is 0.825. The van der Waals surface area contributed by atoms with Crippen LogP contribution in [0.15, 0.2) is 18.5 Å². The maximum atomic E-state index is 3.74. The molecule has 0 aliphatic heterocycles. The number of aryl methyl sites for hydroxylation is 1. The van der Waals surface area contributed by atoms with Crippen molar-refractivity contribution in [2.45, 2.75) is 51.6 Å². The summed E-state index contributed by atoms with van der Waals surface area (Å²) in [5, 5.41) is 3.74. The summed E-state index contributed by atoms with van der Waals surface area (Å²) >= 11 is 0. The zero-order valence-corrected chi connectivity index (χ0v) is 10.6. The Labute approximate surface area is 99.0 Å². The maximum absolute atomic E-state index is 3.74. The molecule has 0 saturated heterocycles. The van der Waals surface area contributed by atoms with Gasteiger partial charge in [-0.2, -0.15) is 0 Å². The van der Waals surface area contributed by atoms with E-state index in [0.29, 0.717) is 0 Å². The number of nitrogens with zero attached hydrogens (tertiary/aromatic N) is 1. The smallest absolute Gasteiger partial charge is 0.0223 e. The van der Waals surface area contributed by atoms with Gasteiger partial charge in [-0.3, -0.25) is 0 Å². The van der Waals surface area contributed by atoms with Gasteiger partial charge < -0.3 is 9.88 Å². The first-order valence-corrected chi connectivity index (χ1v) is 6.64. The van der Waals surface area contributed by atoms with Crippen molar-refractivity contribution < 1.29 is 0 Å². The number of rotatable bonds is 4. The zero-order chi connectivity index (χ0) is 11.4. The Morgan fingerprint density at radius 2 is 2.19 bits per heavy atom. The van der Waals surface area contributed by atoms with Gasteiger partial charge in [0.25, 0.3) is 0 Å². The summed E-state index contributed by atoms with van der Waals surface area (Å²) in [6.45, 7) is 3.36. The van der Waals surface area contributed by atoms with Crippen molar-refractivity contribution >= 4 is 0 Å². The van der Waals surface area contributed by atoms with Gasteiger partial charge >= 0.3 is 0 Å². The first kappa shape index (κ1) is 11.7. The third-order valence-corrected chi connectivity index (χ3v) is 3.90. The molecule has 0 spiro atoms. The van der Waals surface area contributed by atoms with Gasteiger partial charge in [-0.1, -0.05) is 26.2 Å². The van der Waals surface area contributed by atoms with Gasteiger partial charge in [0.05, 0.1) is 0 Å². The molecule has 0 radical (unpaired) electrons. The molecule has 90 valence electrons. The van der Waals surface area contributed by atoms with Crippen molar-refractivity contribution in [2.24, 2.45) is 13.0 Å². The first-order chi connectivity index (χ1) is 7.79. The second-order valence-electron chi connectivity index (χ2n) is 5.13. The fourth-order valence-corrected chi connectivity index (χ4v) is 2.88. The standard InChI is InChI=1S/C14H24N2/c1-3-13-6-4-5-7-14(13)15-10-12-8-9-16(2)11-12/h8-9,11,13-15H,3-7,10H2,1-2H3. The molecule has 1 N–H and O–H groups in total. The molecule has 2 heteroatoms. The van der Waals surface area contributed by atoms with E-state index in [2.05, 4.69) is 42.3 Å². The van der Waals surface area contributed by atoms with Crippen LogP contribution in [0.3, 0.4) is 0 Å². The molecule has 2 atom stereocenters. The number of hydrogen-bond donors (Lipinski definition) is 1. The summed E-state index contributed by atoms with van der Waals surface area (Å²) < 4.78 is 2.12. The highest BCUT2D eigenvalue weighted by Crippen LogP contribution is 2.26. The molecule has 1 aromatic heterocycles. The van der Waals surface area contributed by atoms with Crippen LogP contribution in [0, 0.1) is 5.92 Å². The predicted molar refractivity (Wildman–Crippen MR) is 68.3 cm³/mol. The molecule has 1 aliphatic carbocycles. The average Bonchev–Trinajstić information content (AvgIpc) is 2.73. The van der Waals surface area contributed by atoms with Gasteiger partial charge in [0.1, 0.15) is 0 Å². The highest BCUT2D eigenvalue weighted by atomic mass is 14.9. The topological polar surface area (TPSA) is 17.0 Å². The number of nitrogens with one attached hydrogen (secondary N) is 1. The third-order valence-electron chi connectivity index (χ3n) is 3.90. The van der Waals surface area contributed by atoms with Gasteiger partial charge in [-0.25, -0.2) is 0 Å². The van der Waals surface area contributed by atoms with Crippen molar-refractivity contribution in [2.75, 3.05) is 0 Å². The van der Waals surface area contributed by atoms with Crippen LogP contribution in [-0.4, -0.2) is 10.6 Å². The average molecular weight is 220 g/mol. The molecule has 1 fully saturated rings. The van der Waals surface area contributed by atoms with E-state index in [0.717, 1.165) is 18.5 Å². The summed E-state index contributed by atoms with van der Waals surface area (Å²) in [5.41, 5.74) is 1.41. The molecule has 1 heterocycles. The Hall–Kier alpha value is -0.760. The first-order valence-electron chi connectivity index (χ1n) is 6.64. The third kappa shape index (κ3) is 2.88.